The lowest BCUT2D eigenvalue weighted by molar-refractivity contribution is 0.787. The Kier molecular flexibility index (Phi) is 4.09. The zero-order valence-corrected chi connectivity index (χ0v) is 11.4. The third-order valence-corrected chi connectivity index (χ3v) is 4.36. The number of aryl methyl sites for hydroxylation is 1. The Hall–Kier alpha value is -0.980. The highest BCUT2D eigenvalue weighted by molar-refractivity contribution is 7.99. The summed E-state index contributed by atoms with van der Waals surface area (Å²) < 4.78 is 1.90. The predicted octanol–water partition coefficient (Wildman–Crippen LogP) is 2.15. The predicted molar refractivity (Wildman–Crippen MR) is 71.2 cm³/mol. The molecule has 2 N–H and O–H groups in total. The number of hydrogen-bond donors (Lipinski definition) is 1. The first-order chi connectivity index (χ1) is 8.26. The van der Waals surface area contributed by atoms with Crippen LogP contribution in [-0.2, 0) is 13.6 Å². The minimum absolute atomic E-state index is 0.539. The summed E-state index contributed by atoms with van der Waals surface area (Å²) in [5.41, 5.74) is 7.00. The van der Waals surface area contributed by atoms with E-state index >= 15 is 0 Å². The van der Waals surface area contributed by atoms with Crippen LogP contribution in [0.2, 0.25) is 0 Å². The normalized spacial score (nSPS) is 10.8. The maximum Gasteiger partial charge on any atom is 0.195 e. The third kappa shape index (κ3) is 2.65. The molecule has 0 atom stereocenters. The summed E-state index contributed by atoms with van der Waals surface area (Å²) in [5.74, 6) is 0. The Morgan fingerprint density at radius 2 is 2.12 bits per heavy atom. The number of nitrogens with two attached hydrogens (primary N) is 1. The van der Waals surface area contributed by atoms with Gasteiger partial charge in [-0.15, -0.1) is 22.0 Å². The molecule has 17 heavy (non-hydrogen) atoms. The molecule has 4 nitrogen and oxygen atoms in total. The van der Waals surface area contributed by atoms with Gasteiger partial charge >= 0.3 is 0 Å². The molecule has 2 aromatic rings. The van der Waals surface area contributed by atoms with E-state index in [2.05, 4.69) is 28.6 Å². The summed E-state index contributed by atoms with van der Waals surface area (Å²) in [6, 6.07) is 6.21. The van der Waals surface area contributed by atoms with E-state index in [-0.39, 0.29) is 0 Å². The molecule has 2 rings (SSSR count). The van der Waals surface area contributed by atoms with Crippen LogP contribution >= 0.6 is 23.5 Å². The minimum Gasteiger partial charge on any atom is -0.326 e. The zero-order valence-electron chi connectivity index (χ0n) is 9.75. The van der Waals surface area contributed by atoms with Crippen molar-refractivity contribution in [2.24, 2.45) is 12.8 Å². The van der Waals surface area contributed by atoms with E-state index in [9.17, 15) is 0 Å². The quantitative estimate of drug-likeness (QED) is 0.859. The number of aromatic nitrogens is 3. The van der Waals surface area contributed by atoms with E-state index in [1.807, 2.05) is 17.7 Å². The number of benzene rings is 1. The molecule has 1 aromatic heterocycles. The van der Waals surface area contributed by atoms with Gasteiger partial charge in [-0.05, 0) is 35.7 Å². The minimum atomic E-state index is 0.539. The van der Waals surface area contributed by atoms with Crippen LogP contribution < -0.4 is 5.73 Å². The average Bonchev–Trinajstić information content (AvgIpc) is 2.74. The standard InChI is InChI=1S/C11H14N4S2/c1-15-7-13-14-11(15)17-10-5-3-4-9(16-2)8(10)6-12/h3-5,7H,6,12H2,1-2H3. The van der Waals surface area contributed by atoms with E-state index < -0.39 is 0 Å². The maximum absolute atomic E-state index is 5.82. The van der Waals surface area contributed by atoms with Gasteiger partial charge in [0.2, 0.25) is 0 Å². The highest BCUT2D eigenvalue weighted by Crippen LogP contribution is 2.33. The second-order valence-electron chi connectivity index (χ2n) is 3.47. The third-order valence-electron chi connectivity index (χ3n) is 2.39. The van der Waals surface area contributed by atoms with Crippen LogP contribution in [0.3, 0.4) is 0 Å². The lowest BCUT2D eigenvalue weighted by Crippen LogP contribution is -2.01. The fourth-order valence-electron chi connectivity index (χ4n) is 1.50. The molecular weight excluding hydrogens is 252 g/mol. The molecule has 0 aliphatic carbocycles. The van der Waals surface area contributed by atoms with Crippen molar-refractivity contribution in [2.75, 3.05) is 6.26 Å². The molecule has 0 radical (unpaired) electrons. The monoisotopic (exact) mass is 266 g/mol. The number of rotatable bonds is 4. The summed E-state index contributed by atoms with van der Waals surface area (Å²) in [6.07, 6.45) is 3.76. The van der Waals surface area contributed by atoms with Crippen molar-refractivity contribution < 1.29 is 0 Å². The molecule has 6 heteroatoms. The molecule has 0 bridgehead atoms. The van der Waals surface area contributed by atoms with Crippen molar-refractivity contribution in [3.8, 4) is 0 Å². The van der Waals surface area contributed by atoms with Gasteiger partial charge in [0.05, 0.1) is 0 Å². The Morgan fingerprint density at radius 1 is 1.35 bits per heavy atom. The van der Waals surface area contributed by atoms with E-state index in [4.69, 9.17) is 5.73 Å². The molecule has 0 saturated heterocycles. The second-order valence-corrected chi connectivity index (χ2v) is 5.32. The van der Waals surface area contributed by atoms with Crippen LogP contribution in [0.15, 0.2) is 39.5 Å². The van der Waals surface area contributed by atoms with Crippen molar-refractivity contribution in [3.63, 3.8) is 0 Å². The van der Waals surface area contributed by atoms with Crippen LogP contribution in [-0.4, -0.2) is 21.0 Å². The Morgan fingerprint density at radius 3 is 2.71 bits per heavy atom. The van der Waals surface area contributed by atoms with Gasteiger partial charge in [0, 0.05) is 23.4 Å². The Bertz CT molecular complexity index is 510. The highest BCUT2D eigenvalue weighted by atomic mass is 32.2. The highest BCUT2D eigenvalue weighted by Gasteiger charge is 2.10. The van der Waals surface area contributed by atoms with Gasteiger partial charge in [0.25, 0.3) is 0 Å². The second kappa shape index (κ2) is 5.57. The van der Waals surface area contributed by atoms with E-state index in [1.165, 1.54) is 10.5 Å². The van der Waals surface area contributed by atoms with E-state index in [0.717, 1.165) is 10.1 Å². The SMILES string of the molecule is CSc1cccc(Sc2nncn2C)c1CN. The molecule has 0 saturated carbocycles. The topological polar surface area (TPSA) is 56.7 Å². The fourth-order valence-corrected chi connectivity index (χ4v) is 3.15. The van der Waals surface area contributed by atoms with Crippen molar-refractivity contribution in [2.45, 2.75) is 21.5 Å². The van der Waals surface area contributed by atoms with Crippen LogP contribution in [0, 0.1) is 0 Å². The number of hydrogen-bond acceptors (Lipinski definition) is 5. The fraction of sp³-hybridized carbons (Fsp3) is 0.273. The van der Waals surface area contributed by atoms with Gasteiger partial charge in [0.15, 0.2) is 5.16 Å². The molecule has 0 unspecified atom stereocenters. The van der Waals surface area contributed by atoms with Gasteiger partial charge in [0.1, 0.15) is 6.33 Å². The first-order valence-electron chi connectivity index (χ1n) is 5.14. The number of nitrogens with zero attached hydrogens (tertiary/aromatic N) is 3. The van der Waals surface area contributed by atoms with Gasteiger partial charge in [-0.25, -0.2) is 0 Å². The molecule has 1 heterocycles. The lowest BCUT2D eigenvalue weighted by Gasteiger charge is -2.10. The van der Waals surface area contributed by atoms with Crippen molar-refractivity contribution in [1.29, 1.82) is 0 Å². The van der Waals surface area contributed by atoms with Gasteiger partial charge in [-0.2, -0.15) is 0 Å². The zero-order chi connectivity index (χ0) is 12.3. The molecular formula is C11H14N4S2. The smallest absolute Gasteiger partial charge is 0.195 e. The van der Waals surface area contributed by atoms with Crippen LogP contribution in [0.25, 0.3) is 0 Å². The van der Waals surface area contributed by atoms with E-state index in [1.54, 1.807) is 29.9 Å². The van der Waals surface area contributed by atoms with Crippen molar-refractivity contribution >= 4 is 23.5 Å². The Balaban J connectivity index is 2.36. The van der Waals surface area contributed by atoms with Crippen molar-refractivity contribution in [1.82, 2.24) is 14.8 Å². The number of thioether (sulfide) groups is 1. The molecule has 0 aliphatic rings. The van der Waals surface area contributed by atoms with E-state index in [0.29, 0.717) is 6.54 Å². The van der Waals surface area contributed by atoms with Gasteiger partial charge < -0.3 is 10.3 Å². The first-order valence-corrected chi connectivity index (χ1v) is 7.18. The molecule has 90 valence electrons. The first kappa shape index (κ1) is 12.5. The molecule has 0 aliphatic heterocycles. The summed E-state index contributed by atoms with van der Waals surface area (Å²) in [4.78, 5) is 2.37. The Labute approximate surface area is 109 Å². The lowest BCUT2D eigenvalue weighted by atomic mass is 10.2. The van der Waals surface area contributed by atoms with Gasteiger partial charge in [-0.1, -0.05) is 6.07 Å². The summed E-state index contributed by atoms with van der Waals surface area (Å²) >= 11 is 3.31. The van der Waals surface area contributed by atoms with Crippen LogP contribution in [0.5, 0.6) is 0 Å². The summed E-state index contributed by atoms with van der Waals surface area (Å²) in [6.45, 7) is 0.539. The molecule has 0 spiro atoms. The molecule has 0 amide bonds. The molecule has 1 aromatic carbocycles. The molecule has 0 fully saturated rings. The summed E-state index contributed by atoms with van der Waals surface area (Å²) in [7, 11) is 1.93. The largest absolute Gasteiger partial charge is 0.326 e. The van der Waals surface area contributed by atoms with Crippen molar-refractivity contribution in [3.05, 3.63) is 30.1 Å². The average molecular weight is 266 g/mol. The van der Waals surface area contributed by atoms with Crippen LogP contribution in [0.4, 0.5) is 0 Å². The van der Waals surface area contributed by atoms with Crippen LogP contribution in [0.1, 0.15) is 5.56 Å². The van der Waals surface area contributed by atoms with Gasteiger partial charge in [-0.3, -0.25) is 0 Å². The summed E-state index contributed by atoms with van der Waals surface area (Å²) in [5, 5.41) is 8.82. The maximum atomic E-state index is 5.82.